The Kier molecular flexibility index (Phi) is 5.93. The molecule has 0 spiro atoms. The summed E-state index contributed by atoms with van der Waals surface area (Å²) in [6.07, 6.45) is 1.93. The Morgan fingerprint density at radius 1 is 1.37 bits per heavy atom. The number of carbonyl (C=O) groups excluding carboxylic acids is 1. The van der Waals surface area contributed by atoms with Crippen LogP contribution in [0.2, 0.25) is 5.02 Å². The number of methoxy groups -OCH3 is 1. The second-order valence-corrected chi connectivity index (χ2v) is 6.75. The maximum absolute atomic E-state index is 12.5. The highest BCUT2D eigenvalue weighted by atomic mass is 35.5. The molecule has 1 aliphatic rings. The standard InChI is InChI=1S/C19H20ClN3O4/c1-27-18-11-13(23(25)26)8-9-16(18)21-19(24)12-22-10-4-7-17(22)14-5-2-3-6-15(14)20/h2-3,5-6,8-9,11,17H,4,7,10,12H2,1H3,(H,21,24). The summed E-state index contributed by atoms with van der Waals surface area (Å²) in [5.41, 5.74) is 1.34. The van der Waals surface area contributed by atoms with Crippen molar-refractivity contribution in [3.63, 3.8) is 0 Å². The molecule has 0 radical (unpaired) electrons. The molecule has 1 saturated heterocycles. The molecule has 1 unspecified atom stereocenters. The number of ether oxygens (including phenoxy) is 1. The van der Waals surface area contributed by atoms with Crippen LogP contribution < -0.4 is 10.1 Å². The number of nitrogens with zero attached hydrogens (tertiary/aromatic N) is 2. The SMILES string of the molecule is COc1cc([N+](=O)[O-])ccc1NC(=O)CN1CCCC1c1ccccc1Cl. The van der Waals surface area contributed by atoms with Gasteiger partial charge in [0.1, 0.15) is 5.75 Å². The molecule has 1 amide bonds. The Morgan fingerprint density at radius 3 is 2.85 bits per heavy atom. The van der Waals surface area contributed by atoms with Gasteiger partial charge in [-0.2, -0.15) is 0 Å². The number of carbonyl (C=O) groups is 1. The summed E-state index contributed by atoms with van der Waals surface area (Å²) < 4.78 is 5.16. The summed E-state index contributed by atoms with van der Waals surface area (Å²) in [5.74, 6) is 0.0442. The van der Waals surface area contributed by atoms with Crippen LogP contribution in [-0.4, -0.2) is 35.9 Å². The van der Waals surface area contributed by atoms with Crippen molar-refractivity contribution in [1.82, 2.24) is 4.90 Å². The van der Waals surface area contributed by atoms with Crippen molar-refractivity contribution in [2.75, 3.05) is 25.5 Å². The molecule has 0 aromatic heterocycles. The lowest BCUT2D eigenvalue weighted by molar-refractivity contribution is -0.384. The summed E-state index contributed by atoms with van der Waals surface area (Å²) in [6, 6.07) is 11.9. The highest BCUT2D eigenvalue weighted by Gasteiger charge is 2.29. The van der Waals surface area contributed by atoms with Crippen LogP contribution in [0.15, 0.2) is 42.5 Å². The molecule has 27 heavy (non-hydrogen) atoms. The van der Waals surface area contributed by atoms with Gasteiger partial charge >= 0.3 is 0 Å². The molecular formula is C19H20ClN3O4. The monoisotopic (exact) mass is 389 g/mol. The van der Waals surface area contributed by atoms with Gasteiger partial charge in [0.2, 0.25) is 5.91 Å². The predicted molar refractivity (Wildman–Crippen MR) is 103 cm³/mol. The van der Waals surface area contributed by atoms with Crippen molar-refractivity contribution in [3.05, 3.63) is 63.2 Å². The summed E-state index contributed by atoms with van der Waals surface area (Å²) in [7, 11) is 1.41. The van der Waals surface area contributed by atoms with Gasteiger partial charge in [0.15, 0.2) is 0 Å². The van der Waals surface area contributed by atoms with E-state index >= 15 is 0 Å². The van der Waals surface area contributed by atoms with E-state index in [-0.39, 0.29) is 29.9 Å². The Labute approximate surface area is 162 Å². The van der Waals surface area contributed by atoms with E-state index in [0.29, 0.717) is 10.7 Å². The average molecular weight is 390 g/mol. The molecule has 3 rings (SSSR count). The molecule has 1 N–H and O–H groups in total. The first kappa shape index (κ1) is 19.1. The molecule has 2 aromatic carbocycles. The van der Waals surface area contributed by atoms with E-state index in [0.717, 1.165) is 24.9 Å². The molecule has 1 fully saturated rings. The third-order valence-corrected chi connectivity index (χ3v) is 4.99. The summed E-state index contributed by atoms with van der Waals surface area (Å²) in [4.78, 5) is 25.0. The van der Waals surface area contributed by atoms with Crippen molar-refractivity contribution in [3.8, 4) is 5.75 Å². The Bertz CT molecular complexity index is 859. The fourth-order valence-corrected chi connectivity index (χ4v) is 3.65. The number of rotatable bonds is 6. The van der Waals surface area contributed by atoms with Crippen molar-refractivity contribution in [2.45, 2.75) is 18.9 Å². The second kappa shape index (κ2) is 8.37. The molecule has 7 nitrogen and oxygen atoms in total. The van der Waals surface area contributed by atoms with Gasteiger partial charge in [-0.1, -0.05) is 29.8 Å². The second-order valence-electron chi connectivity index (χ2n) is 6.34. The van der Waals surface area contributed by atoms with Crippen molar-refractivity contribution < 1.29 is 14.5 Å². The minimum absolute atomic E-state index is 0.0943. The van der Waals surface area contributed by atoms with Gasteiger partial charge in [-0.3, -0.25) is 19.8 Å². The fourth-order valence-electron chi connectivity index (χ4n) is 3.38. The van der Waals surface area contributed by atoms with E-state index < -0.39 is 4.92 Å². The smallest absolute Gasteiger partial charge is 0.273 e. The zero-order valence-electron chi connectivity index (χ0n) is 14.9. The first-order chi connectivity index (χ1) is 13.0. The molecular weight excluding hydrogens is 370 g/mol. The van der Waals surface area contributed by atoms with E-state index in [9.17, 15) is 14.9 Å². The van der Waals surface area contributed by atoms with Gasteiger partial charge in [0.05, 0.1) is 30.3 Å². The van der Waals surface area contributed by atoms with Gasteiger partial charge in [-0.15, -0.1) is 0 Å². The molecule has 1 atom stereocenters. The quantitative estimate of drug-likeness (QED) is 0.595. The molecule has 142 valence electrons. The van der Waals surface area contributed by atoms with Crippen LogP contribution in [0.4, 0.5) is 11.4 Å². The predicted octanol–water partition coefficient (Wildman–Crippen LogP) is 4.03. The zero-order valence-corrected chi connectivity index (χ0v) is 15.6. The van der Waals surface area contributed by atoms with Gasteiger partial charge in [-0.05, 0) is 37.1 Å². The van der Waals surface area contributed by atoms with Crippen molar-refractivity contribution in [1.29, 1.82) is 0 Å². The molecule has 0 bridgehead atoms. The molecule has 1 heterocycles. The lowest BCUT2D eigenvalue weighted by Crippen LogP contribution is -2.33. The van der Waals surface area contributed by atoms with E-state index in [1.54, 1.807) is 0 Å². The average Bonchev–Trinajstić information content (AvgIpc) is 3.10. The Morgan fingerprint density at radius 2 is 2.15 bits per heavy atom. The normalized spacial score (nSPS) is 16.9. The van der Waals surface area contributed by atoms with Crippen LogP contribution in [0.3, 0.4) is 0 Å². The molecule has 2 aromatic rings. The highest BCUT2D eigenvalue weighted by Crippen LogP contribution is 2.35. The molecule has 0 saturated carbocycles. The van der Waals surface area contributed by atoms with Crippen LogP contribution >= 0.6 is 11.6 Å². The lowest BCUT2D eigenvalue weighted by Gasteiger charge is -2.25. The number of benzene rings is 2. The molecule has 0 aliphatic carbocycles. The van der Waals surface area contributed by atoms with Crippen LogP contribution in [0.1, 0.15) is 24.4 Å². The maximum Gasteiger partial charge on any atom is 0.273 e. The highest BCUT2D eigenvalue weighted by molar-refractivity contribution is 6.31. The minimum Gasteiger partial charge on any atom is -0.494 e. The number of nitrogens with one attached hydrogen (secondary N) is 1. The number of nitro benzene ring substituents is 1. The van der Waals surface area contributed by atoms with Crippen LogP contribution in [0, 0.1) is 10.1 Å². The fraction of sp³-hybridized carbons (Fsp3) is 0.316. The first-order valence-corrected chi connectivity index (χ1v) is 8.98. The van der Waals surface area contributed by atoms with Crippen LogP contribution in [0.25, 0.3) is 0 Å². The van der Waals surface area contributed by atoms with Crippen molar-refractivity contribution in [2.24, 2.45) is 0 Å². The first-order valence-electron chi connectivity index (χ1n) is 8.60. The largest absolute Gasteiger partial charge is 0.494 e. The minimum atomic E-state index is -0.507. The zero-order chi connectivity index (χ0) is 19.4. The third-order valence-electron chi connectivity index (χ3n) is 4.64. The van der Waals surface area contributed by atoms with E-state index in [1.807, 2.05) is 24.3 Å². The van der Waals surface area contributed by atoms with Crippen LogP contribution in [-0.2, 0) is 4.79 Å². The Balaban J connectivity index is 1.70. The van der Waals surface area contributed by atoms with E-state index in [1.165, 1.54) is 25.3 Å². The summed E-state index contributed by atoms with van der Waals surface area (Å²) in [6.45, 7) is 1.01. The lowest BCUT2D eigenvalue weighted by atomic mass is 10.0. The van der Waals surface area contributed by atoms with E-state index in [4.69, 9.17) is 16.3 Å². The number of nitro groups is 1. The number of hydrogen-bond acceptors (Lipinski definition) is 5. The van der Waals surface area contributed by atoms with Gasteiger partial charge in [-0.25, -0.2) is 0 Å². The topological polar surface area (TPSA) is 84.7 Å². The van der Waals surface area contributed by atoms with Crippen molar-refractivity contribution >= 4 is 28.9 Å². The number of hydrogen-bond donors (Lipinski definition) is 1. The third kappa shape index (κ3) is 4.37. The van der Waals surface area contributed by atoms with Gasteiger partial charge < -0.3 is 10.1 Å². The number of amides is 1. The maximum atomic E-state index is 12.5. The number of halogens is 1. The van der Waals surface area contributed by atoms with Gasteiger partial charge in [0.25, 0.3) is 5.69 Å². The summed E-state index contributed by atoms with van der Waals surface area (Å²) in [5, 5.41) is 14.4. The van der Waals surface area contributed by atoms with Gasteiger partial charge in [0, 0.05) is 17.1 Å². The molecule has 8 heteroatoms. The molecule has 1 aliphatic heterocycles. The summed E-state index contributed by atoms with van der Waals surface area (Å²) >= 11 is 6.32. The number of likely N-dealkylation sites (tertiary alicyclic amines) is 1. The van der Waals surface area contributed by atoms with Crippen LogP contribution in [0.5, 0.6) is 5.75 Å². The number of anilines is 1. The number of non-ortho nitro benzene ring substituents is 1. The van der Waals surface area contributed by atoms with E-state index in [2.05, 4.69) is 10.2 Å². The Hall–Kier alpha value is -2.64.